The summed E-state index contributed by atoms with van der Waals surface area (Å²) >= 11 is 0. The molecule has 0 aromatic carbocycles. The molecule has 0 bridgehead atoms. The minimum Gasteiger partial charge on any atom is -0.298 e. The lowest BCUT2D eigenvalue weighted by Gasteiger charge is -2.53. The highest BCUT2D eigenvalue weighted by Crippen LogP contribution is 2.44. The fourth-order valence-corrected chi connectivity index (χ4v) is 7.76. The Morgan fingerprint density at radius 2 is 1.00 bits per heavy atom. The first-order valence-electron chi connectivity index (χ1n) is 15.7. The lowest BCUT2D eigenvalue weighted by atomic mass is 9.67. The normalized spacial score (nSPS) is 20.8. The van der Waals surface area contributed by atoms with Crippen molar-refractivity contribution in [1.29, 1.82) is 0 Å². The van der Waals surface area contributed by atoms with Crippen molar-refractivity contribution in [3.8, 4) is 0 Å². The monoisotopic (exact) mass is 540 g/mol. The molecule has 3 nitrogen and oxygen atoms in total. The maximum Gasteiger partial charge on any atom is 0.0159 e. The molecule has 2 fully saturated rings. The van der Waals surface area contributed by atoms with Gasteiger partial charge in [-0.25, -0.2) is 0 Å². The molecule has 4 heteroatoms. The van der Waals surface area contributed by atoms with E-state index >= 15 is 0 Å². The van der Waals surface area contributed by atoms with Crippen LogP contribution in [0, 0.1) is 22.7 Å². The van der Waals surface area contributed by atoms with Crippen LogP contribution >= 0.6 is 9.24 Å². The van der Waals surface area contributed by atoms with Crippen molar-refractivity contribution < 1.29 is 0 Å². The fraction of sp³-hybridized carbons (Fsp3) is 1.00. The quantitative estimate of drug-likeness (QED) is 0.244. The van der Waals surface area contributed by atoms with Gasteiger partial charge in [0, 0.05) is 42.8 Å². The molecule has 37 heavy (non-hydrogen) atoms. The molecule has 0 aromatic rings. The van der Waals surface area contributed by atoms with Crippen molar-refractivity contribution in [2.75, 3.05) is 45.9 Å². The van der Waals surface area contributed by atoms with E-state index in [0.29, 0.717) is 22.3 Å². The molecule has 2 saturated heterocycles. The predicted molar refractivity (Wildman–Crippen MR) is 172 cm³/mol. The lowest BCUT2D eigenvalue weighted by molar-refractivity contribution is -0.0359. The van der Waals surface area contributed by atoms with Gasteiger partial charge < -0.3 is 0 Å². The van der Waals surface area contributed by atoms with E-state index < -0.39 is 0 Å². The van der Waals surface area contributed by atoms with Crippen LogP contribution < -0.4 is 0 Å². The second-order valence-electron chi connectivity index (χ2n) is 15.9. The molecule has 0 N–H and O–H groups in total. The maximum absolute atomic E-state index is 2.81. The van der Waals surface area contributed by atoms with Crippen molar-refractivity contribution >= 4 is 9.24 Å². The Hall–Kier alpha value is 0.310. The number of piperazine rings is 1. The van der Waals surface area contributed by atoms with Gasteiger partial charge in [0.2, 0.25) is 0 Å². The van der Waals surface area contributed by atoms with E-state index in [1.807, 2.05) is 6.66 Å². The average molecular weight is 540 g/mol. The van der Waals surface area contributed by atoms with Gasteiger partial charge in [0.25, 0.3) is 0 Å². The summed E-state index contributed by atoms with van der Waals surface area (Å²) in [5.74, 6) is 1.56. The van der Waals surface area contributed by atoms with Crippen molar-refractivity contribution in [1.82, 2.24) is 14.7 Å². The first-order chi connectivity index (χ1) is 16.8. The van der Waals surface area contributed by atoms with E-state index in [1.54, 1.807) is 0 Å². The van der Waals surface area contributed by atoms with Crippen molar-refractivity contribution in [2.45, 2.75) is 145 Å². The van der Waals surface area contributed by atoms with E-state index in [0.717, 1.165) is 5.92 Å². The van der Waals surface area contributed by atoms with E-state index in [2.05, 4.69) is 114 Å². The summed E-state index contributed by atoms with van der Waals surface area (Å²) in [5.41, 5.74) is 1.66. The second kappa shape index (κ2) is 13.8. The van der Waals surface area contributed by atoms with E-state index in [-0.39, 0.29) is 11.1 Å². The number of hydrogen-bond donors (Lipinski definition) is 0. The zero-order valence-corrected chi connectivity index (χ0v) is 29.2. The van der Waals surface area contributed by atoms with Gasteiger partial charge in [-0.3, -0.25) is 14.7 Å². The summed E-state index contributed by atoms with van der Waals surface area (Å²) in [6.45, 7) is 41.4. The molecule has 2 aliphatic rings. The third kappa shape index (κ3) is 9.72. The highest BCUT2D eigenvalue weighted by molar-refractivity contribution is 7.15. The van der Waals surface area contributed by atoms with Crippen LogP contribution in [0.15, 0.2) is 0 Å². The van der Waals surface area contributed by atoms with Gasteiger partial charge in [0.05, 0.1) is 0 Å². The molecule has 1 atom stereocenters. The zero-order chi connectivity index (χ0) is 28.9. The Bertz CT molecular complexity index is 648. The van der Waals surface area contributed by atoms with Crippen molar-refractivity contribution in [3.63, 3.8) is 0 Å². The number of nitrogens with zero attached hydrogens (tertiary/aromatic N) is 3. The summed E-state index contributed by atoms with van der Waals surface area (Å²) in [7, 11) is 2.42. The molecule has 0 saturated carbocycles. The van der Waals surface area contributed by atoms with Crippen LogP contribution in [0.4, 0.5) is 0 Å². The molecule has 0 aromatic heterocycles. The van der Waals surface area contributed by atoms with Gasteiger partial charge in [-0.05, 0) is 109 Å². The Labute approximate surface area is 237 Å². The van der Waals surface area contributed by atoms with Crippen LogP contribution in [0.5, 0.6) is 0 Å². The highest BCUT2D eigenvalue weighted by Gasteiger charge is 2.43. The molecular weight excluding hydrogens is 469 g/mol. The van der Waals surface area contributed by atoms with Gasteiger partial charge in [-0.1, -0.05) is 61.6 Å². The summed E-state index contributed by atoms with van der Waals surface area (Å²) in [4.78, 5) is 8.37. The largest absolute Gasteiger partial charge is 0.298 e. The number of likely N-dealkylation sites (tertiary alicyclic amines) is 1. The number of hydrogen-bond acceptors (Lipinski definition) is 3. The Morgan fingerprint density at radius 3 is 1.38 bits per heavy atom. The molecule has 0 spiro atoms. The van der Waals surface area contributed by atoms with Gasteiger partial charge in [0.1, 0.15) is 0 Å². The summed E-state index contributed by atoms with van der Waals surface area (Å²) in [5, 5.41) is 0. The van der Waals surface area contributed by atoms with Crippen LogP contribution in [0.3, 0.4) is 0 Å². The molecule has 0 radical (unpaired) electrons. The van der Waals surface area contributed by atoms with Gasteiger partial charge in [-0.15, -0.1) is 9.24 Å². The molecule has 222 valence electrons. The molecule has 2 aliphatic heterocycles. The predicted octanol–water partition coefficient (Wildman–Crippen LogP) is 8.43. The van der Waals surface area contributed by atoms with Crippen LogP contribution in [0.25, 0.3) is 0 Å². The summed E-state index contributed by atoms with van der Waals surface area (Å²) in [6, 6.07) is 0. The highest BCUT2D eigenvalue weighted by atomic mass is 31.0. The number of rotatable bonds is 11. The lowest BCUT2D eigenvalue weighted by Crippen LogP contribution is -2.60. The maximum atomic E-state index is 2.81. The first-order valence-corrected chi connectivity index (χ1v) is 16.8. The Kier molecular flexibility index (Phi) is 13.2. The fourth-order valence-electron chi connectivity index (χ4n) is 7.76. The molecule has 1 unspecified atom stereocenters. The summed E-state index contributed by atoms with van der Waals surface area (Å²) < 4.78 is 0. The van der Waals surface area contributed by atoms with E-state index in [4.69, 9.17) is 0 Å². The molecule has 0 amide bonds. The molecular formula is C33H70N3P. The van der Waals surface area contributed by atoms with Gasteiger partial charge in [-0.2, -0.15) is 0 Å². The average Bonchev–Trinajstić information content (AvgIpc) is 2.79. The Morgan fingerprint density at radius 1 is 0.622 bits per heavy atom. The third-order valence-corrected chi connectivity index (χ3v) is 10.6. The van der Waals surface area contributed by atoms with Crippen LogP contribution in [-0.2, 0) is 0 Å². The zero-order valence-electron chi connectivity index (χ0n) is 28.1. The topological polar surface area (TPSA) is 9.72 Å². The van der Waals surface area contributed by atoms with E-state index in [1.165, 1.54) is 77.8 Å². The molecule has 2 heterocycles. The Balaban J connectivity index is 0.00000334. The number of piperidine rings is 1. The molecule has 0 aliphatic carbocycles. The van der Waals surface area contributed by atoms with Crippen molar-refractivity contribution in [3.05, 3.63) is 0 Å². The minimum absolute atomic E-state index is 0.259. The van der Waals surface area contributed by atoms with Crippen LogP contribution in [0.1, 0.15) is 129 Å². The van der Waals surface area contributed by atoms with Crippen LogP contribution in [0.2, 0.25) is 0 Å². The SMILES string of the molecule is CCCC(C)(C)N1CCC(C(C)(C)CC(C)(C)N2CCN(C(C)(C)CC(C)(C)C(C)C)CC2)CC1.CP. The van der Waals surface area contributed by atoms with Crippen molar-refractivity contribution in [2.24, 2.45) is 22.7 Å². The minimum atomic E-state index is 0.259. The molecule has 2 rings (SSSR count). The second-order valence-corrected chi connectivity index (χ2v) is 15.9. The summed E-state index contributed by atoms with van der Waals surface area (Å²) in [6.07, 6.45) is 7.89. The third-order valence-electron chi connectivity index (χ3n) is 10.6. The van der Waals surface area contributed by atoms with E-state index in [9.17, 15) is 0 Å². The first kappa shape index (κ1) is 35.3. The van der Waals surface area contributed by atoms with Gasteiger partial charge >= 0.3 is 0 Å². The van der Waals surface area contributed by atoms with Gasteiger partial charge in [0.15, 0.2) is 0 Å². The standard InChI is InChI=1S/C32H65N3.CH5P/c1-14-17-30(8,9)33-18-15-27(16-19-33)29(6,7)25-32(12,13)35-22-20-34(21-23-35)31(10,11)24-28(4,5)26(2)3;1-2/h26-27H,14-25H2,1-13H3;2H2,1H3. The van der Waals surface area contributed by atoms with Crippen LogP contribution in [-0.4, -0.2) is 77.2 Å². The smallest absolute Gasteiger partial charge is 0.0159 e.